The van der Waals surface area contributed by atoms with Crippen LogP contribution in [0.4, 0.5) is 0 Å². The predicted molar refractivity (Wildman–Crippen MR) is 111 cm³/mol. The Morgan fingerprint density at radius 2 is 1.52 bits per heavy atom. The van der Waals surface area contributed by atoms with E-state index in [1.165, 1.54) is 19.9 Å². The van der Waals surface area contributed by atoms with Crippen LogP contribution in [0.15, 0.2) is 34.9 Å². The molecule has 0 N–H and O–H groups in total. The van der Waals surface area contributed by atoms with Crippen molar-refractivity contribution in [3.8, 4) is 0 Å². The molecule has 0 saturated carbocycles. The van der Waals surface area contributed by atoms with E-state index in [-0.39, 0.29) is 28.4 Å². The van der Waals surface area contributed by atoms with Gasteiger partial charge in [0, 0.05) is 31.9 Å². The van der Waals surface area contributed by atoms with E-state index in [1.807, 2.05) is 0 Å². The zero-order valence-corrected chi connectivity index (χ0v) is 18.7. The number of carbonyl (C=O) groups excluding carboxylic acids is 5. The molecule has 4 rings (SSSR count). The Kier molecular flexibility index (Phi) is 6.26. The average molecular weight is 476 g/mol. The molecule has 174 valence electrons. The highest BCUT2D eigenvalue weighted by molar-refractivity contribution is 8.04. The van der Waals surface area contributed by atoms with E-state index in [1.54, 1.807) is 18.2 Å². The Bertz CT molecular complexity index is 1080. The normalized spacial score (nSPS) is 28.0. The molecule has 0 spiro atoms. The first-order chi connectivity index (χ1) is 15.7. The highest BCUT2D eigenvalue weighted by atomic mass is 32.2. The summed E-state index contributed by atoms with van der Waals surface area (Å²) in [5.74, 6) is -3.02. The van der Waals surface area contributed by atoms with E-state index in [2.05, 4.69) is 0 Å². The van der Waals surface area contributed by atoms with Gasteiger partial charge in [-0.2, -0.15) is 0 Å². The third kappa shape index (κ3) is 4.38. The number of Topliss-reactive ketones (excluding diaryl/α,β-unsaturated/α-hetero) is 2. The second-order valence-electron chi connectivity index (χ2n) is 7.56. The second kappa shape index (κ2) is 8.99. The molecule has 0 amide bonds. The highest BCUT2D eigenvalue weighted by Gasteiger charge is 2.56. The minimum absolute atomic E-state index is 0.0682. The van der Waals surface area contributed by atoms with Crippen LogP contribution in [0.25, 0.3) is 0 Å². The van der Waals surface area contributed by atoms with Crippen molar-refractivity contribution in [2.45, 2.75) is 50.6 Å². The van der Waals surface area contributed by atoms with Crippen molar-refractivity contribution in [1.29, 1.82) is 0 Å². The number of hydrogen-bond donors (Lipinski definition) is 0. The third-order valence-corrected chi connectivity index (χ3v) is 6.39. The van der Waals surface area contributed by atoms with E-state index in [0.29, 0.717) is 0 Å². The van der Waals surface area contributed by atoms with Crippen LogP contribution < -0.4 is 0 Å². The van der Waals surface area contributed by atoms with Gasteiger partial charge in [-0.3, -0.25) is 24.0 Å². The molecular formula is C22H20O10S. The number of thioether (sulfide) groups is 1. The van der Waals surface area contributed by atoms with Gasteiger partial charge in [0.1, 0.15) is 23.1 Å². The summed E-state index contributed by atoms with van der Waals surface area (Å²) in [5, 5.41) is 0. The highest BCUT2D eigenvalue weighted by Crippen LogP contribution is 2.46. The molecule has 2 heterocycles. The fourth-order valence-corrected chi connectivity index (χ4v) is 5.13. The molecule has 1 fully saturated rings. The largest absolute Gasteiger partial charge is 0.477 e. The minimum atomic E-state index is -1.19. The number of esters is 3. The number of allylic oxidation sites excluding steroid dienone is 2. The Hall–Kier alpha value is -3.18. The predicted octanol–water partition coefficient (Wildman–Crippen LogP) is 1.56. The lowest BCUT2D eigenvalue weighted by Crippen LogP contribution is -2.62. The van der Waals surface area contributed by atoms with Crippen LogP contribution in [0.3, 0.4) is 0 Å². The molecule has 10 nitrogen and oxygen atoms in total. The van der Waals surface area contributed by atoms with Crippen molar-refractivity contribution in [3.63, 3.8) is 0 Å². The molecule has 0 bridgehead atoms. The van der Waals surface area contributed by atoms with Gasteiger partial charge in [0.2, 0.25) is 11.6 Å². The number of ether oxygens (including phenoxy) is 5. The summed E-state index contributed by atoms with van der Waals surface area (Å²) in [4.78, 5) is 61.2. The van der Waals surface area contributed by atoms with Crippen LogP contribution in [-0.2, 0) is 38.1 Å². The van der Waals surface area contributed by atoms with Gasteiger partial charge in [-0.25, -0.2) is 0 Å². The molecule has 1 aliphatic carbocycles. The Balaban J connectivity index is 1.72. The van der Waals surface area contributed by atoms with Crippen molar-refractivity contribution in [2.24, 2.45) is 0 Å². The van der Waals surface area contributed by atoms with Gasteiger partial charge < -0.3 is 23.7 Å². The van der Waals surface area contributed by atoms with E-state index in [9.17, 15) is 24.0 Å². The lowest BCUT2D eigenvalue weighted by Gasteiger charge is -2.47. The molecule has 2 aliphatic heterocycles. The Labute approximate surface area is 192 Å². The van der Waals surface area contributed by atoms with Crippen molar-refractivity contribution < 1.29 is 47.7 Å². The zero-order chi connectivity index (χ0) is 23.9. The van der Waals surface area contributed by atoms with Crippen LogP contribution in [-0.4, -0.2) is 65.9 Å². The van der Waals surface area contributed by atoms with Gasteiger partial charge in [-0.05, 0) is 0 Å². The molecule has 0 aromatic heterocycles. The molecule has 0 radical (unpaired) electrons. The standard InChI is InChI=1S/C22H20O10S/c1-9(23)28-8-14-17(29-10(2)24)19(30-11(3)25)20-22(31-14)33-21-16(27)13-7-5-4-6-12(13)15(26)18(21)32-20/h4-7,14,17,19-20,22H,8H2,1-3H3/t14-,17+,19-,20-,22-/m0/s1. The molecule has 5 atom stereocenters. The van der Waals surface area contributed by atoms with Gasteiger partial charge >= 0.3 is 17.9 Å². The van der Waals surface area contributed by atoms with E-state index >= 15 is 0 Å². The van der Waals surface area contributed by atoms with Crippen LogP contribution in [0.5, 0.6) is 0 Å². The van der Waals surface area contributed by atoms with Gasteiger partial charge in [-0.1, -0.05) is 36.0 Å². The Morgan fingerprint density at radius 3 is 2.12 bits per heavy atom. The van der Waals surface area contributed by atoms with E-state index in [0.717, 1.165) is 18.7 Å². The number of hydrogen-bond acceptors (Lipinski definition) is 11. The molecule has 1 aromatic carbocycles. The first-order valence-electron chi connectivity index (χ1n) is 10.1. The molecule has 1 aromatic rings. The fraction of sp³-hybridized carbons (Fsp3) is 0.409. The smallest absolute Gasteiger partial charge is 0.303 e. The van der Waals surface area contributed by atoms with Crippen LogP contribution in [0, 0.1) is 0 Å². The summed E-state index contributed by atoms with van der Waals surface area (Å²) in [6, 6.07) is 6.36. The van der Waals surface area contributed by atoms with Gasteiger partial charge in [0.25, 0.3) is 0 Å². The van der Waals surface area contributed by atoms with Crippen LogP contribution >= 0.6 is 11.8 Å². The molecule has 0 unspecified atom stereocenters. The number of rotatable bonds is 4. The maximum Gasteiger partial charge on any atom is 0.303 e. The lowest BCUT2D eigenvalue weighted by molar-refractivity contribution is -0.234. The molecular weight excluding hydrogens is 456 g/mol. The summed E-state index contributed by atoms with van der Waals surface area (Å²) in [7, 11) is 0. The number of fused-ring (bicyclic) bond motifs is 2. The van der Waals surface area contributed by atoms with Crippen molar-refractivity contribution in [1.82, 2.24) is 0 Å². The summed E-state index contributed by atoms with van der Waals surface area (Å²) in [6.07, 6.45) is -4.45. The number of benzene rings is 1. The maximum atomic E-state index is 13.1. The summed E-state index contributed by atoms with van der Waals surface area (Å²) >= 11 is 0.954. The topological polar surface area (TPSA) is 132 Å². The summed E-state index contributed by atoms with van der Waals surface area (Å²) < 4.78 is 27.7. The molecule has 11 heteroatoms. The molecule has 1 saturated heterocycles. The quantitative estimate of drug-likeness (QED) is 0.463. The Morgan fingerprint density at radius 1 is 0.909 bits per heavy atom. The number of carbonyl (C=O) groups is 5. The first-order valence-corrected chi connectivity index (χ1v) is 10.9. The van der Waals surface area contributed by atoms with E-state index < -0.39 is 59.3 Å². The first kappa shape index (κ1) is 23.0. The van der Waals surface area contributed by atoms with Crippen LogP contribution in [0.2, 0.25) is 0 Å². The maximum absolute atomic E-state index is 13.1. The van der Waals surface area contributed by atoms with Crippen molar-refractivity contribution in [3.05, 3.63) is 46.1 Å². The minimum Gasteiger partial charge on any atom is -0.477 e. The third-order valence-electron chi connectivity index (χ3n) is 5.17. The van der Waals surface area contributed by atoms with Crippen molar-refractivity contribution >= 4 is 41.2 Å². The zero-order valence-electron chi connectivity index (χ0n) is 17.9. The van der Waals surface area contributed by atoms with Crippen LogP contribution in [0.1, 0.15) is 41.5 Å². The molecule has 33 heavy (non-hydrogen) atoms. The van der Waals surface area contributed by atoms with Gasteiger partial charge in [0.05, 0.1) is 0 Å². The fourth-order valence-electron chi connectivity index (χ4n) is 3.89. The van der Waals surface area contributed by atoms with E-state index in [4.69, 9.17) is 23.7 Å². The summed E-state index contributed by atoms with van der Waals surface area (Å²) in [5.41, 5.74) is -0.467. The SMILES string of the molecule is CC(=O)OC[C@@H]1O[C@H]2SC3=C(O[C@H]2[C@@H](OC(C)=O)[C@@H]1OC(C)=O)C(=O)c1ccccc1C3=O. The monoisotopic (exact) mass is 476 g/mol. The van der Waals surface area contributed by atoms with Gasteiger partial charge in [0.15, 0.2) is 24.1 Å². The average Bonchev–Trinajstić information content (AvgIpc) is 2.76. The van der Waals surface area contributed by atoms with Gasteiger partial charge in [-0.15, -0.1) is 0 Å². The number of ketones is 2. The van der Waals surface area contributed by atoms with Crippen molar-refractivity contribution in [2.75, 3.05) is 6.61 Å². The lowest BCUT2D eigenvalue weighted by atomic mass is 9.92. The summed E-state index contributed by atoms with van der Waals surface area (Å²) in [6.45, 7) is 3.24. The second-order valence-corrected chi connectivity index (χ2v) is 8.66. The molecule has 3 aliphatic rings.